The van der Waals surface area contributed by atoms with Crippen LogP contribution in [-0.4, -0.2) is 28.6 Å². The van der Waals surface area contributed by atoms with Gasteiger partial charge in [0.1, 0.15) is 5.75 Å². The highest BCUT2D eigenvalue weighted by Crippen LogP contribution is 2.48. The average molecular weight is 604 g/mol. The molecule has 7 rings (SSSR count). The van der Waals surface area contributed by atoms with Crippen LogP contribution in [0.1, 0.15) is 28.4 Å². The van der Waals surface area contributed by atoms with Gasteiger partial charge in [-0.2, -0.15) is 5.10 Å². The fourth-order valence-corrected chi connectivity index (χ4v) is 5.80. The van der Waals surface area contributed by atoms with E-state index in [1.165, 1.54) is 0 Å². The number of aliphatic imine (C=N–C) groups is 2. The van der Waals surface area contributed by atoms with E-state index in [1.54, 1.807) is 7.11 Å². The summed E-state index contributed by atoms with van der Waals surface area (Å²) in [5, 5.41) is 8.61. The second-order valence-electron chi connectivity index (χ2n) is 10.1. The quantitative estimate of drug-likeness (QED) is 0.226. The largest absolute Gasteiger partial charge is 0.497 e. The second-order valence-corrected chi connectivity index (χ2v) is 11.0. The second kappa shape index (κ2) is 10.1. The Labute approximate surface area is 247 Å². The van der Waals surface area contributed by atoms with Gasteiger partial charge in [0.2, 0.25) is 0 Å². The highest BCUT2D eigenvalue weighted by atomic mass is 79.9. The zero-order valence-corrected chi connectivity index (χ0v) is 24.4. The van der Waals surface area contributed by atoms with Crippen LogP contribution in [-0.2, 0) is 0 Å². The summed E-state index contributed by atoms with van der Waals surface area (Å²) in [6.07, 6.45) is 0. The van der Waals surface area contributed by atoms with Gasteiger partial charge in [0.15, 0.2) is 17.5 Å². The molecule has 0 radical (unpaired) electrons. The normalized spacial score (nSPS) is 15.3. The number of aryl methyl sites for hydroxylation is 2. The first-order valence-corrected chi connectivity index (χ1v) is 14.2. The zero-order valence-electron chi connectivity index (χ0n) is 22.8. The number of methoxy groups -OCH3 is 1. The van der Waals surface area contributed by atoms with E-state index >= 15 is 0 Å². The number of hydrogen-bond donors (Lipinski definition) is 1. The maximum Gasteiger partial charge on any atom is 0.179 e. The summed E-state index contributed by atoms with van der Waals surface area (Å²) < 4.78 is 8.48. The molecule has 41 heavy (non-hydrogen) atoms. The van der Waals surface area contributed by atoms with Gasteiger partial charge in [-0.3, -0.25) is 0 Å². The first kappa shape index (κ1) is 25.3. The van der Waals surface area contributed by atoms with E-state index in [2.05, 4.69) is 70.3 Å². The van der Waals surface area contributed by atoms with Crippen molar-refractivity contribution in [1.29, 1.82) is 0 Å². The van der Waals surface area contributed by atoms with Crippen molar-refractivity contribution in [3.05, 3.63) is 124 Å². The van der Waals surface area contributed by atoms with Gasteiger partial charge >= 0.3 is 0 Å². The Bertz CT molecular complexity index is 1840. The predicted molar refractivity (Wildman–Crippen MR) is 169 cm³/mol. The Morgan fingerprint density at radius 1 is 0.805 bits per heavy atom. The van der Waals surface area contributed by atoms with Crippen molar-refractivity contribution in [3.63, 3.8) is 0 Å². The molecule has 0 amide bonds. The molecule has 0 saturated carbocycles. The molecule has 0 fully saturated rings. The molecule has 5 aromatic rings. The molecule has 1 aromatic heterocycles. The predicted octanol–water partition coefficient (Wildman–Crippen LogP) is 8.06. The maximum atomic E-state index is 5.49. The fourth-order valence-electron chi connectivity index (χ4n) is 5.54. The lowest BCUT2D eigenvalue weighted by Gasteiger charge is -2.40. The fraction of sp³-hybridized carbons (Fsp3) is 0.121. The van der Waals surface area contributed by atoms with Crippen LogP contribution in [0.4, 0.5) is 22.9 Å². The Morgan fingerprint density at radius 3 is 2.24 bits per heavy atom. The van der Waals surface area contributed by atoms with Crippen LogP contribution in [0, 0.1) is 13.8 Å². The van der Waals surface area contributed by atoms with Gasteiger partial charge < -0.3 is 15.0 Å². The summed E-state index contributed by atoms with van der Waals surface area (Å²) in [6, 6.07) is 32.6. The molecular weight excluding hydrogens is 576 g/mol. The van der Waals surface area contributed by atoms with Crippen molar-refractivity contribution in [2.24, 2.45) is 9.98 Å². The molecule has 0 unspecified atom stereocenters. The molecule has 202 valence electrons. The van der Waals surface area contributed by atoms with Crippen LogP contribution in [0.2, 0.25) is 0 Å². The van der Waals surface area contributed by atoms with Gasteiger partial charge in [0.25, 0.3) is 0 Å². The Kier molecular flexibility index (Phi) is 6.20. The summed E-state index contributed by atoms with van der Waals surface area (Å²) in [7, 11) is 1.69. The molecule has 2 aliphatic rings. The van der Waals surface area contributed by atoms with E-state index in [0.717, 1.165) is 67.0 Å². The molecule has 7 nitrogen and oxygen atoms in total. The molecule has 1 atom stereocenters. The Balaban J connectivity index is 1.49. The number of ether oxygens (including phenoxy) is 1. The van der Waals surface area contributed by atoms with Gasteiger partial charge in [-0.25, -0.2) is 14.7 Å². The van der Waals surface area contributed by atoms with E-state index in [1.807, 2.05) is 71.4 Å². The molecule has 4 aromatic carbocycles. The summed E-state index contributed by atoms with van der Waals surface area (Å²) in [4.78, 5) is 12.7. The monoisotopic (exact) mass is 602 g/mol. The third-order valence-electron chi connectivity index (χ3n) is 7.52. The minimum Gasteiger partial charge on any atom is -0.497 e. The van der Waals surface area contributed by atoms with E-state index < -0.39 is 0 Å². The van der Waals surface area contributed by atoms with E-state index in [0.29, 0.717) is 5.84 Å². The number of anilines is 2. The van der Waals surface area contributed by atoms with E-state index in [4.69, 9.17) is 19.8 Å². The number of para-hydroxylation sites is 3. The maximum absolute atomic E-state index is 5.49. The van der Waals surface area contributed by atoms with Crippen molar-refractivity contribution in [2.75, 3.05) is 17.3 Å². The Hall–Kier alpha value is -4.69. The molecule has 2 aliphatic heterocycles. The van der Waals surface area contributed by atoms with Gasteiger partial charge in [-0.15, -0.1) is 0 Å². The van der Waals surface area contributed by atoms with Crippen molar-refractivity contribution < 1.29 is 4.74 Å². The van der Waals surface area contributed by atoms with E-state index in [9.17, 15) is 0 Å². The molecule has 3 heterocycles. The number of fused-ring (bicyclic) bond motifs is 4. The summed E-state index contributed by atoms with van der Waals surface area (Å²) in [5.41, 5.74) is 7.99. The molecule has 0 bridgehead atoms. The average Bonchev–Trinajstić information content (AvgIpc) is 3.33. The van der Waals surface area contributed by atoms with Gasteiger partial charge in [-0.05, 0) is 79.6 Å². The van der Waals surface area contributed by atoms with Gasteiger partial charge in [0.05, 0.1) is 35.9 Å². The number of amidine groups is 2. The Morgan fingerprint density at radius 2 is 1.51 bits per heavy atom. The lowest BCUT2D eigenvalue weighted by molar-refractivity contribution is 0.414. The number of nitrogens with one attached hydrogen (secondary N) is 1. The number of hydrogen-bond acceptors (Lipinski definition) is 6. The first-order chi connectivity index (χ1) is 20.0. The standard InChI is InChI=1S/C33H27BrN6O/c1-20-8-4-6-10-27(20)40-32-29(21(2)38-40)30(22-12-18-25(41-3)19-13-22)39-28-11-7-5-9-26(28)36-31(33(39)37-32)35-24-16-14-23(34)15-17-24/h4-19,30H,1-3H3,(H,35,36)/t30-/m0/s1. The van der Waals surface area contributed by atoms with Crippen molar-refractivity contribution >= 4 is 50.5 Å². The number of benzene rings is 4. The van der Waals surface area contributed by atoms with Crippen LogP contribution in [0.25, 0.3) is 5.69 Å². The topological polar surface area (TPSA) is 67.0 Å². The molecule has 1 N–H and O–H groups in total. The number of halogens is 1. The van der Waals surface area contributed by atoms with Gasteiger partial charge in [-0.1, -0.05) is 58.4 Å². The molecular formula is C33H27BrN6O. The summed E-state index contributed by atoms with van der Waals surface area (Å²) in [5.74, 6) is 3.01. The van der Waals surface area contributed by atoms with Crippen molar-refractivity contribution in [1.82, 2.24) is 9.78 Å². The smallest absolute Gasteiger partial charge is 0.179 e. The zero-order chi connectivity index (χ0) is 28.1. The SMILES string of the molecule is COc1ccc([C@H]2c3c(C)nn(-c4ccccc4C)c3N=C3C(Nc4ccc(Br)cc4)=Nc4ccccc4N32)cc1. The minimum absolute atomic E-state index is 0.195. The lowest BCUT2D eigenvalue weighted by atomic mass is 9.93. The van der Waals surface area contributed by atoms with E-state index in [-0.39, 0.29) is 6.04 Å². The molecule has 0 spiro atoms. The van der Waals surface area contributed by atoms with Crippen molar-refractivity contribution in [3.8, 4) is 11.4 Å². The highest BCUT2D eigenvalue weighted by Gasteiger charge is 2.41. The lowest BCUT2D eigenvalue weighted by Crippen LogP contribution is -2.46. The first-order valence-electron chi connectivity index (χ1n) is 13.4. The number of rotatable bonds is 4. The molecule has 0 saturated heterocycles. The molecule has 8 heteroatoms. The van der Waals surface area contributed by atoms with Gasteiger partial charge in [0, 0.05) is 15.7 Å². The third kappa shape index (κ3) is 4.31. The summed E-state index contributed by atoms with van der Waals surface area (Å²) >= 11 is 3.54. The number of aromatic nitrogens is 2. The van der Waals surface area contributed by atoms with Crippen LogP contribution in [0.15, 0.2) is 112 Å². The van der Waals surface area contributed by atoms with Crippen LogP contribution in [0.5, 0.6) is 5.75 Å². The minimum atomic E-state index is -0.195. The van der Waals surface area contributed by atoms with Crippen LogP contribution >= 0.6 is 15.9 Å². The summed E-state index contributed by atoms with van der Waals surface area (Å²) in [6.45, 7) is 4.16. The highest BCUT2D eigenvalue weighted by molar-refractivity contribution is 9.10. The molecule has 0 aliphatic carbocycles. The van der Waals surface area contributed by atoms with Crippen molar-refractivity contribution in [2.45, 2.75) is 19.9 Å². The van der Waals surface area contributed by atoms with Crippen LogP contribution in [0.3, 0.4) is 0 Å². The van der Waals surface area contributed by atoms with Crippen LogP contribution < -0.4 is 15.0 Å². The number of nitrogens with zero attached hydrogens (tertiary/aromatic N) is 5. The third-order valence-corrected chi connectivity index (χ3v) is 8.05.